The van der Waals surface area contributed by atoms with Crippen LogP contribution in [0.2, 0.25) is 5.02 Å². The normalized spacial score (nSPS) is 17.1. The number of aromatic nitrogens is 3. The van der Waals surface area contributed by atoms with Gasteiger partial charge in [0.1, 0.15) is 6.10 Å². The highest BCUT2D eigenvalue weighted by atomic mass is 35.5. The molecule has 1 atom stereocenters. The van der Waals surface area contributed by atoms with Gasteiger partial charge in [-0.3, -0.25) is 0 Å². The van der Waals surface area contributed by atoms with Crippen molar-refractivity contribution in [1.82, 2.24) is 15.2 Å². The second-order valence-corrected chi connectivity index (χ2v) is 10.8. The molecule has 0 spiro atoms. The number of nitrogens with two attached hydrogens (primary N) is 3. The largest absolute Gasteiger partial charge is 0.445 e. The second-order valence-electron chi connectivity index (χ2n) is 9.39. The molecule has 1 saturated heterocycles. The predicted molar refractivity (Wildman–Crippen MR) is 128 cm³/mol. The summed E-state index contributed by atoms with van der Waals surface area (Å²) in [5.41, 5.74) is 17.4. The maximum absolute atomic E-state index is 11.5. The number of halogens is 1. The molecule has 1 amide bonds. The van der Waals surface area contributed by atoms with Crippen molar-refractivity contribution in [2.45, 2.75) is 56.6 Å². The van der Waals surface area contributed by atoms with E-state index in [1.807, 2.05) is 17.0 Å². The molecule has 6 N–H and O–H groups in total. The summed E-state index contributed by atoms with van der Waals surface area (Å²) in [6.07, 6.45) is 0.504. The van der Waals surface area contributed by atoms with Gasteiger partial charge in [0.15, 0.2) is 10.8 Å². The third-order valence-electron chi connectivity index (χ3n) is 5.71. The summed E-state index contributed by atoms with van der Waals surface area (Å²) in [6, 6.07) is 5.38. The molecule has 1 aliphatic heterocycles. The maximum atomic E-state index is 11.5. The van der Waals surface area contributed by atoms with Gasteiger partial charge in [-0.05, 0) is 30.4 Å². The standard InChI is InChI=1S/C21H30ClN7O2S/c1-20(2,3)17(31-18(25)30)21(4)8-10-29(11-9-21)19-26-15(24)16(27-28-19)32-13-7-5-6-12(23)14(13)22/h5-7,17H,8-11,23H2,1-4H3,(H2,25,30)(H2,24,26,28). The number of ether oxygens (including phenoxy) is 1. The minimum atomic E-state index is -0.748. The number of rotatable bonds is 5. The molecule has 11 heteroatoms. The second kappa shape index (κ2) is 9.19. The number of piperidine rings is 1. The fourth-order valence-electron chi connectivity index (χ4n) is 4.20. The number of nitrogens with zero attached hydrogens (tertiary/aromatic N) is 4. The van der Waals surface area contributed by atoms with Crippen molar-refractivity contribution in [2.24, 2.45) is 16.6 Å². The Labute approximate surface area is 197 Å². The smallest absolute Gasteiger partial charge is 0.404 e. The first-order valence-corrected chi connectivity index (χ1v) is 11.5. The summed E-state index contributed by atoms with van der Waals surface area (Å²) in [4.78, 5) is 18.7. The number of amides is 1. The van der Waals surface area contributed by atoms with Crippen LogP contribution < -0.4 is 22.1 Å². The van der Waals surface area contributed by atoms with Gasteiger partial charge in [0.2, 0.25) is 5.95 Å². The van der Waals surface area contributed by atoms with E-state index < -0.39 is 6.09 Å². The van der Waals surface area contributed by atoms with Gasteiger partial charge in [-0.2, -0.15) is 4.98 Å². The fourth-order valence-corrected chi connectivity index (χ4v) is 5.23. The summed E-state index contributed by atoms with van der Waals surface area (Å²) in [7, 11) is 0. The third kappa shape index (κ3) is 5.29. The lowest BCUT2D eigenvalue weighted by atomic mass is 9.67. The first kappa shape index (κ1) is 24.2. The number of hydrogen-bond acceptors (Lipinski definition) is 9. The van der Waals surface area contributed by atoms with Gasteiger partial charge < -0.3 is 26.8 Å². The topological polar surface area (TPSA) is 146 Å². The van der Waals surface area contributed by atoms with Crippen LogP contribution in [0.3, 0.4) is 0 Å². The Kier molecular flexibility index (Phi) is 6.94. The highest BCUT2D eigenvalue weighted by Gasteiger charge is 2.46. The number of hydrogen-bond donors (Lipinski definition) is 3. The van der Waals surface area contributed by atoms with E-state index in [4.69, 9.17) is 33.5 Å². The third-order valence-corrected chi connectivity index (χ3v) is 7.29. The van der Waals surface area contributed by atoms with Crippen molar-refractivity contribution in [3.05, 3.63) is 23.2 Å². The van der Waals surface area contributed by atoms with E-state index in [-0.39, 0.29) is 22.8 Å². The van der Waals surface area contributed by atoms with Crippen LogP contribution in [-0.4, -0.2) is 40.5 Å². The van der Waals surface area contributed by atoms with Crippen LogP contribution in [-0.2, 0) is 4.74 Å². The number of benzene rings is 1. The lowest BCUT2D eigenvalue weighted by Crippen LogP contribution is -2.51. The highest BCUT2D eigenvalue weighted by Crippen LogP contribution is 2.44. The average Bonchev–Trinajstić information content (AvgIpc) is 2.70. The van der Waals surface area contributed by atoms with Gasteiger partial charge in [-0.15, -0.1) is 10.2 Å². The zero-order chi connectivity index (χ0) is 23.7. The van der Waals surface area contributed by atoms with E-state index in [1.54, 1.807) is 6.07 Å². The number of carbonyl (C=O) groups excluding carboxylic acids is 1. The lowest BCUT2D eigenvalue weighted by molar-refractivity contribution is -0.0598. The molecule has 0 saturated carbocycles. The van der Waals surface area contributed by atoms with Gasteiger partial charge in [0.05, 0.1) is 10.7 Å². The van der Waals surface area contributed by atoms with Gasteiger partial charge in [0, 0.05) is 23.4 Å². The quantitative estimate of drug-likeness (QED) is 0.542. The minimum absolute atomic E-state index is 0.220. The van der Waals surface area contributed by atoms with Gasteiger partial charge >= 0.3 is 6.09 Å². The number of nitrogen functional groups attached to an aromatic ring is 2. The molecule has 1 aromatic carbocycles. The Bertz CT molecular complexity index is 991. The molecule has 2 aromatic rings. The Morgan fingerprint density at radius 2 is 1.91 bits per heavy atom. The van der Waals surface area contributed by atoms with E-state index in [9.17, 15) is 4.79 Å². The van der Waals surface area contributed by atoms with Crippen molar-refractivity contribution < 1.29 is 9.53 Å². The van der Waals surface area contributed by atoms with Crippen molar-refractivity contribution in [1.29, 1.82) is 0 Å². The van der Waals surface area contributed by atoms with Gasteiger partial charge in [-0.25, -0.2) is 4.79 Å². The zero-order valence-electron chi connectivity index (χ0n) is 18.8. The molecule has 1 aromatic heterocycles. The highest BCUT2D eigenvalue weighted by molar-refractivity contribution is 7.99. The minimum Gasteiger partial charge on any atom is -0.445 e. The van der Waals surface area contributed by atoms with Crippen LogP contribution in [0.25, 0.3) is 0 Å². The monoisotopic (exact) mass is 479 g/mol. The van der Waals surface area contributed by atoms with E-state index >= 15 is 0 Å². The Morgan fingerprint density at radius 3 is 2.47 bits per heavy atom. The maximum Gasteiger partial charge on any atom is 0.404 e. The number of primary amides is 1. The Balaban J connectivity index is 1.72. The molecule has 3 rings (SSSR count). The molecular formula is C21H30ClN7O2S. The first-order chi connectivity index (χ1) is 14.9. The number of carbonyl (C=O) groups is 1. The summed E-state index contributed by atoms with van der Waals surface area (Å²) < 4.78 is 5.54. The summed E-state index contributed by atoms with van der Waals surface area (Å²) >= 11 is 7.53. The zero-order valence-corrected chi connectivity index (χ0v) is 20.3. The van der Waals surface area contributed by atoms with Crippen LogP contribution in [0.4, 0.5) is 22.2 Å². The van der Waals surface area contributed by atoms with Crippen molar-refractivity contribution in [3.63, 3.8) is 0 Å². The molecule has 2 heterocycles. The molecule has 1 aliphatic rings. The molecule has 1 fully saturated rings. The van der Waals surface area contributed by atoms with Crippen LogP contribution in [0, 0.1) is 10.8 Å². The van der Waals surface area contributed by atoms with Gasteiger partial charge in [0.25, 0.3) is 0 Å². The van der Waals surface area contributed by atoms with Crippen LogP contribution in [0.15, 0.2) is 28.1 Å². The molecule has 0 aliphatic carbocycles. The van der Waals surface area contributed by atoms with Gasteiger partial charge in [-0.1, -0.05) is 57.1 Å². The SMILES string of the molecule is CC(C)(C)C(OC(N)=O)C1(C)CCN(c2nnc(Sc3cccc(N)c3Cl)c(N)n2)CC1. The van der Waals surface area contributed by atoms with Crippen LogP contribution >= 0.6 is 23.4 Å². The summed E-state index contributed by atoms with van der Waals surface area (Å²) in [5, 5.41) is 9.47. The predicted octanol–water partition coefficient (Wildman–Crippen LogP) is 3.96. The van der Waals surface area contributed by atoms with Crippen molar-refractivity contribution in [2.75, 3.05) is 29.5 Å². The molecular weight excluding hydrogens is 450 g/mol. The fraction of sp³-hybridized carbons (Fsp3) is 0.524. The summed E-state index contributed by atoms with van der Waals surface area (Å²) in [5.74, 6) is 0.743. The molecule has 0 radical (unpaired) electrons. The molecule has 1 unspecified atom stereocenters. The van der Waals surface area contributed by atoms with E-state index in [2.05, 4.69) is 42.9 Å². The summed E-state index contributed by atoms with van der Waals surface area (Å²) in [6.45, 7) is 9.64. The van der Waals surface area contributed by atoms with Crippen LogP contribution in [0.5, 0.6) is 0 Å². The van der Waals surface area contributed by atoms with E-state index in [0.29, 0.717) is 34.8 Å². The molecule has 174 valence electrons. The lowest BCUT2D eigenvalue weighted by Gasteiger charge is -2.47. The van der Waals surface area contributed by atoms with E-state index in [1.165, 1.54) is 11.8 Å². The molecule has 9 nitrogen and oxygen atoms in total. The van der Waals surface area contributed by atoms with E-state index in [0.717, 1.165) is 17.7 Å². The van der Waals surface area contributed by atoms with Crippen molar-refractivity contribution in [3.8, 4) is 0 Å². The molecule has 0 bridgehead atoms. The Hall–Kier alpha value is -2.46. The van der Waals surface area contributed by atoms with Crippen molar-refractivity contribution >= 4 is 46.9 Å². The Morgan fingerprint density at radius 1 is 1.25 bits per heavy atom. The van der Waals surface area contributed by atoms with Crippen LogP contribution in [0.1, 0.15) is 40.5 Å². The number of anilines is 3. The molecule has 32 heavy (non-hydrogen) atoms. The average molecular weight is 480 g/mol. The first-order valence-electron chi connectivity index (χ1n) is 10.3.